The van der Waals surface area contributed by atoms with Crippen LogP contribution >= 0.6 is 0 Å². The van der Waals surface area contributed by atoms with Crippen LogP contribution in [0.3, 0.4) is 0 Å². The van der Waals surface area contributed by atoms with Crippen molar-refractivity contribution in [1.29, 1.82) is 0 Å². The third kappa shape index (κ3) is 3.32. The highest BCUT2D eigenvalue weighted by Crippen LogP contribution is 2.18. The second kappa shape index (κ2) is 6.14. The fourth-order valence-corrected chi connectivity index (χ4v) is 2.02. The maximum Gasteiger partial charge on any atom is 0.303 e. The number of amidine groups is 1. The third-order valence-electron chi connectivity index (χ3n) is 3.01. The summed E-state index contributed by atoms with van der Waals surface area (Å²) in [4.78, 5) is 28.5. The van der Waals surface area contributed by atoms with Crippen molar-refractivity contribution in [1.82, 2.24) is 4.90 Å². The smallest absolute Gasteiger partial charge is 0.303 e. The molecule has 0 spiro atoms. The summed E-state index contributed by atoms with van der Waals surface area (Å²) in [6.45, 7) is 2.14. The van der Waals surface area contributed by atoms with E-state index in [1.165, 1.54) is 4.90 Å². The minimum absolute atomic E-state index is 0.0504. The lowest BCUT2D eigenvalue weighted by Gasteiger charge is -2.14. The number of carbonyl (C=O) groups is 2. The second-order valence-corrected chi connectivity index (χ2v) is 4.55. The van der Waals surface area contributed by atoms with Crippen LogP contribution in [0.4, 0.5) is 0 Å². The molecule has 0 radical (unpaired) electrons. The summed E-state index contributed by atoms with van der Waals surface area (Å²) < 4.78 is 0. The van der Waals surface area contributed by atoms with Crippen molar-refractivity contribution in [2.45, 2.75) is 19.8 Å². The van der Waals surface area contributed by atoms with Gasteiger partial charge in [-0.3, -0.25) is 14.5 Å². The standard InChI is InChI=1S/C15H16N2O3/c1-11-16-13(10-12-6-3-2-4-7-12)15(20)17(11)9-5-8-14(18)19/h2-4,6-7,10H,5,8-9H2,1H3,(H,18,19)/b13-10+. The molecular weight excluding hydrogens is 256 g/mol. The van der Waals surface area contributed by atoms with E-state index in [0.717, 1.165) is 5.56 Å². The van der Waals surface area contributed by atoms with E-state index in [1.54, 1.807) is 13.0 Å². The zero-order valence-electron chi connectivity index (χ0n) is 11.2. The van der Waals surface area contributed by atoms with Gasteiger partial charge in [-0.15, -0.1) is 0 Å². The van der Waals surface area contributed by atoms with E-state index in [0.29, 0.717) is 24.5 Å². The fraction of sp³-hybridized carbons (Fsp3) is 0.267. The number of hydrogen-bond acceptors (Lipinski definition) is 3. The molecule has 1 aromatic rings. The lowest BCUT2D eigenvalue weighted by molar-refractivity contribution is -0.137. The van der Waals surface area contributed by atoms with Gasteiger partial charge in [-0.05, 0) is 25.0 Å². The van der Waals surface area contributed by atoms with Gasteiger partial charge in [0.2, 0.25) is 0 Å². The van der Waals surface area contributed by atoms with E-state index in [4.69, 9.17) is 5.11 Å². The molecule has 0 saturated carbocycles. The monoisotopic (exact) mass is 272 g/mol. The number of benzene rings is 1. The largest absolute Gasteiger partial charge is 0.481 e. The average molecular weight is 272 g/mol. The van der Waals surface area contributed by atoms with Crippen molar-refractivity contribution < 1.29 is 14.7 Å². The highest BCUT2D eigenvalue weighted by Gasteiger charge is 2.26. The van der Waals surface area contributed by atoms with Gasteiger partial charge in [-0.2, -0.15) is 0 Å². The molecule has 1 N–H and O–H groups in total. The molecule has 1 amide bonds. The van der Waals surface area contributed by atoms with Crippen molar-refractivity contribution in [3.05, 3.63) is 41.6 Å². The molecule has 104 valence electrons. The summed E-state index contributed by atoms with van der Waals surface area (Å²) in [6.07, 6.45) is 2.21. The number of nitrogens with zero attached hydrogens (tertiary/aromatic N) is 2. The first-order chi connectivity index (χ1) is 9.58. The van der Waals surface area contributed by atoms with Crippen molar-refractivity contribution >= 4 is 23.8 Å². The SMILES string of the molecule is CC1=N/C(=C/c2ccccc2)C(=O)N1CCCC(=O)O. The molecule has 0 fully saturated rings. The summed E-state index contributed by atoms with van der Waals surface area (Å²) >= 11 is 0. The van der Waals surface area contributed by atoms with Gasteiger partial charge >= 0.3 is 5.97 Å². The van der Waals surface area contributed by atoms with Crippen molar-refractivity contribution in [3.63, 3.8) is 0 Å². The van der Waals surface area contributed by atoms with E-state index in [9.17, 15) is 9.59 Å². The molecule has 5 nitrogen and oxygen atoms in total. The van der Waals surface area contributed by atoms with Gasteiger partial charge in [0.1, 0.15) is 11.5 Å². The van der Waals surface area contributed by atoms with Gasteiger partial charge in [0.15, 0.2) is 0 Å². The van der Waals surface area contributed by atoms with Crippen molar-refractivity contribution in [2.24, 2.45) is 4.99 Å². The summed E-state index contributed by atoms with van der Waals surface area (Å²) in [5.74, 6) is -0.411. The topological polar surface area (TPSA) is 70.0 Å². The highest BCUT2D eigenvalue weighted by molar-refractivity contribution is 6.13. The minimum atomic E-state index is -0.855. The van der Waals surface area contributed by atoms with Crippen LogP contribution in [0.25, 0.3) is 6.08 Å². The Labute approximate surface area is 117 Å². The molecule has 1 aliphatic heterocycles. The Hall–Kier alpha value is -2.43. The van der Waals surface area contributed by atoms with Crippen LogP contribution in [-0.4, -0.2) is 34.3 Å². The van der Waals surface area contributed by atoms with Gasteiger partial charge < -0.3 is 5.11 Å². The molecule has 0 aromatic heterocycles. The third-order valence-corrected chi connectivity index (χ3v) is 3.01. The van der Waals surface area contributed by atoms with Crippen LogP contribution in [0, 0.1) is 0 Å². The van der Waals surface area contributed by atoms with Gasteiger partial charge in [-0.1, -0.05) is 30.3 Å². The summed E-state index contributed by atoms with van der Waals surface area (Å²) in [5, 5.41) is 8.62. The Kier molecular flexibility index (Phi) is 4.30. The minimum Gasteiger partial charge on any atom is -0.481 e. The second-order valence-electron chi connectivity index (χ2n) is 4.55. The molecule has 0 unspecified atom stereocenters. The molecule has 2 rings (SSSR count). The molecule has 5 heteroatoms. The summed E-state index contributed by atoms with van der Waals surface area (Å²) in [6, 6.07) is 9.50. The number of amides is 1. The normalized spacial score (nSPS) is 16.6. The predicted molar refractivity (Wildman–Crippen MR) is 76.1 cm³/mol. The molecule has 1 heterocycles. The number of carbonyl (C=O) groups excluding carboxylic acids is 1. The van der Waals surface area contributed by atoms with Gasteiger partial charge in [0.25, 0.3) is 5.91 Å². The Balaban J connectivity index is 2.07. The first-order valence-electron chi connectivity index (χ1n) is 6.43. The van der Waals surface area contributed by atoms with E-state index < -0.39 is 5.97 Å². The molecule has 0 bridgehead atoms. The van der Waals surface area contributed by atoms with Gasteiger partial charge in [0, 0.05) is 13.0 Å². The number of aliphatic carboxylic acids is 1. The Morgan fingerprint density at radius 1 is 1.35 bits per heavy atom. The van der Waals surface area contributed by atoms with Crippen LogP contribution in [0.15, 0.2) is 41.0 Å². The number of rotatable bonds is 5. The van der Waals surface area contributed by atoms with Crippen LogP contribution in [0.5, 0.6) is 0 Å². The summed E-state index contributed by atoms with van der Waals surface area (Å²) in [7, 11) is 0. The lowest BCUT2D eigenvalue weighted by atomic mass is 10.2. The molecule has 0 aliphatic carbocycles. The van der Waals surface area contributed by atoms with E-state index in [-0.39, 0.29) is 12.3 Å². The molecule has 0 saturated heterocycles. The molecule has 1 aromatic carbocycles. The Morgan fingerprint density at radius 2 is 2.05 bits per heavy atom. The van der Waals surface area contributed by atoms with E-state index in [1.807, 2.05) is 30.3 Å². The maximum absolute atomic E-state index is 12.2. The van der Waals surface area contributed by atoms with Gasteiger partial charge in [-0.25, -0.2) is 4.99 Å². The predicted octanol–water partition coefficient (Wildman–Crippen LogP) is 2.15. The number of aliphatic imine (C=N–C) groups is 1. The van der Waals surface area contributed by atoms with Gasteiger partial charge in [0.05, 0.1) is 0 Å². The first-order valence-corrected chi connectivity index (χ1v) is 6.43. The van der Waals surface area contributed by atoms with Crippen LogP contribution < -0.4 is 0 Å². The maximum atomic E-state index is 12.2. The molecule has 20 heavy (non-hydrogen) atoms. The summed E-state index contributed by atoms with van der Waals surface area (Å²) in [5.41, 5.74) is 1.31. The highest BCUT2D eigenvalue weighted by atomic mass is 16.4. The fourth-order valence-electron chi connectivity index (χ4n) is 2.02. The van der Waals surface area contributed by atoms with Crippen LogP contribution in [0.2, 0.25) is 0 Å². The van der Waals surface area contributed by atoms with Crippen molar-refractivity contribution in [2.75, 3.05) is 6.54 Å². The average Bonchev–Trinajstić information content (AvgIpc) is 2.67. The number of carboxylic acids is 1. The molecular formula is C15H16N2O3. The van der Waals surface area contributed by atoms with Crippen LogP contribution in [-0.2, 0) is 9.59 Å². The van der Waals surface area contributed by atoms with Crippen LogP contribution in [0.1, 0.15) is 25.3 Å². The quantitative estimate of drug-likeness (QED) is 0.835. The molecule has 0 atom stereocenters. The van der Waals surface area contributed by atoms with Crippen molar-refractivity contribution in [3.8, 4) is 0 Å². The lowest BCUT2D eigenvalue weighted by Crippen LogP contribution is -2.31. The molecule has 1 aliphatic rings. The Bertz CT molecular complexity index is 576. The van der Waals surface area contributed by atoms with E-state index >= 15 is 0 Å². The number of hydrogen-bond donors (Lipinski definition) is 1. The zero-order valence-corrected chi connectivity index (χ0v) is 11.2. The number of carboxylic acid groups (broad SMARTS) is 1. The first kappa shape index (κ1) is 14.0. The van der Waals surface area contributed by atoms with E-state index in [2.05, 4.69) is 4.99 Å². The zero-order chi connectivity index (χ0) is 14.5. The Morgan fingerprint density at radius 3 is 2.70 bits per heavy atom.